The van der Waals surface area contributed by atoms with E-state index in [9.17, 15) is 0 Å². The zero-order chi connectivity index (χ0) is 7.82. The topological polar surface area (TPSA) is 0 Å². The molecule has 0 aliphatic carbocycles. The Hall–Kier alpha value is -0.490. The van der Waals surface area contributed by atoms with Gasteiger partial charge in [0.2, 0.25) is 0 Å². The number of aryl methyl sites for hydroxylation is 1. The molecule has 0 fully saturated rings. The van der Waals surface area contributed by atoms with Crippen LogP contribution in [0, 0.1) is 0 Å². The first-order chi connectivity index (χ1) is 4.93. The summed E-state index contributed by atoms with van der Waals surface area (Å²) in [5, 5.41) is 0. The molecule has 56 valence electrons. The van der Waals surface area contributed by atoms with Crippen LogP contribution in [0.2, 0.25) is 0 Å². The summed E-state index contributed by atoms with van der Waals surface area (Å²) < 4.78 is 0. The molecule has 0 saturated carbocycles. The highest BCUT2D eigenvalue weighted by Gasteiger charge is 1.79. The quantitative estimate of drug-likeness (QED) is 0.549. The van der Waals surface area contributed by atoms with Crippen molar-refractivity contribution in [1.29, 1.82) is 0 Å². The van der Waals surface area contributed by atoms with E-state index in [1.165, 1.54) is 11.9 Å². The van der Waals surface area contributed by atoms with E-state index in [4.69, 9.17) is 0 Å². The van der Waals surface area contributed by atoms with Crippen LogP contribution < -0.4 is 0 Å². The molecule has 0 aromatic heterocycles. The van der Waals surface area contributed by atoms with Crippen LogP contribution in [0.25, 0.3) is 0 Å². The standard InChI is InChI=1S/C8H10.CH3Cl/c1-2-8-6-4-3-5-7-8;1-2/h3-7H,2H2,1H3;1H3. The Morgan fingerprint density at radius 1 is 1.10 bits per heavy atom. The van der Waals surface area contributed by atoms with E-state index in [0.717, 1.165) is 6.42 Å². The maximum atomic E-state index is 4.64. The average molecular weight is 157 g/mol. The number of hydrogen-bond donors (Lipinski definition) is 0. The highest BCUT2D eigenvalue weighted by Crippen LogP contribution is 1.96. The second kappa shape index (κ2) is 6.63. The van der Waals surface area contributed by atoms with Gasteiger partial charge >= 0.3 is 0 Å². The van der Waals surface area contributed by atoms with Crippen molar-refractivity contribution in [2.24, 2.45) is 0 Å². The van der Waals surface area contributed by atoms with E-state index in [1.807, 2.05) is 6.07 Å². The van der Waals surface area contributed by atoms with Crippen LogP contribution in [0.15, 0.2) is 30.3 Å². The summed E-state index contributed by atoms with van der Waals surface area (Å²) in [6.07, 6.45) is 2.61. The molecular formula is C9H13Cl. The van der Waals surface area contributed by atoms with Crippen LogP contribution in [-0.4, -0.2) is 6.38 Å². The Labute approximate surface area is 67.8 Å². The van der Waals surface area contributed by atoms with Gasteiger partial charge < -0.3 is 0 Å². The maximum absolute atomic E-state index is 4.64. The van der Waals surface area contributed by atoms with Crippen molar-refractivity contribution in [3.05, 3.63) is 35.9 Å². The predicted octanol–water partition coefficient (Wildman–Crippen LogP) is 3.10. The van der Waals surface area contributed by atoms with Gasteiger partial charge in [0, 0.05) is 6.38 Å². The van der Waals surface area contributed by atoms with Crippen LogP contribution in [0.3, 0.4) is 0 Å². The van der Waals surface area contributed by atoms with Gasteiger partial charge in [-0.15, -0.1) is 11.6 Å². The zero-order valence-corrected chi connectivity index (χ0v) is 7.23. The molecule has 0 nitrogen and oxygen atoms in total. The van der Waals surface area contributed by atoms with Gasteiger partial charge in [-0.05, 0) is 12.0 Å². The molecular weight excluding hydrogens is 144 g/mol. The molecule has 0 spiro atoms. The fourth-order valence-electron chi connectivity index (χ4n) is 0.714. The highest BCUT2D eigenvalue weighted by molar-refractivity contribution is 6.15. The lowest BCUT2D eigenvalue weighted by Gasteiger charge is -1.89. The largest absolute Gasteiger partial charge is 0.130 e. The second-order valence-electron chi connectivity index (χ2n) is 1.84. The predicted molar refractivity (Wildman–Crippen MR) is 47.6 cm³/mol. The second-order valence-corrected chi connectivity index (χ2v) is 1.84. The van der Waals surface area contributed by atoms with Crippen molar-refractivity contribution in [3.8, 4) is 0 Å². The fourth-order valence-corrected chi connectivity index (χ4v) is 0.714. The van der Waals surface area contributed by atoms with Crippen molar-refractivity contribution in [2.75, 3.05) is 6.38 Å². The summed E-state index contributed by atoms with van der Waals surface area (Å²) in [5.74, 6) is 0. The molecule has 0 atom stereocenters. The third kappa shape index (κ3) is 3.52. The molecule has 0 amide bonds. The Balaban J connectivity index is 0.000000371. The summed E-state index contributed by atoms with van der Waals surface area (Å²) in [5.41, 5.74) is 1.41. The summed E-state index contributed by atoms with van der Waals surface area (Å²) in [6.45, 7) is 2.16. The number of hydrogen-bond acceptors (Lipinski definition) is 0. The first-order valence-electron chi connectivity index (χ1n) is 3.35. The van der Waals surface area contributed by atoms with Gasteiger partial charge in [-0.2, -0.15) is 0 Å². The molecule has 1 aromatic carbocycles. The molecule has 0 aliphatic rings. The summed E-state index contributed by atoms with van der Waals surface area (Å²) >= 11 is 4.64. The van der Waals surface area contributed by atoms with Crippen molar-refractivity contribution < 1.29 is 0 Å². The number of benzene rings is 1. The lowest BCUT2D eigenvalue weighted by atomic mass is 10.2. The van der Waals surface area contributed by atoms with Gasteiger partial charge in [-0.3, -0.25) is 0 Å². The third-order valence-corrected chi connectivity index (χ3v) is 1.25. The molecule has 0 aliphatic heterocycles. The smallest absolute Gasteiger partial charge is 0.0108 e. The molecule has 0 radical (unpaired) electrons. The van der Waals surface area contributed by atoms with Gasteiger partial charge in [-0.25, -0.2) is 0 Å². The molecule has 10 heavy (non-hydrogen) atoms. The monoisotopic (exact) mass is 156 g/mol. The van der Waals surface area contributed by atoms with Crippen LogP contribution in [0.1, 0.15) is 12.5 Å². The summed E-state index contributed by atoms with van der Waals surface area (Å²) in [4.78, 5) is 0. The van der Waals surface area contributed by atoms with E-state index in [-0.39, 0.29) is 0 Å². The first-order valence-corrected chi connectivity index (χ1v) is 4.11. The molecule has 0 bridgehead atoms. The molecule has 0 saturated heterocycles. The van der Waals surface area contributed by atoms with E-state index in [0.29, 0.717) is 0 Å². The molecule has 0 N–H and O–H groups in total. The van der Waals surface area contributed by atoms with E-state index in [1.54, 1.807) is 0 Å². The average Bonchev–Trinajstić information content (AvgIpc) is 2.10. The maximum Gasteiger partial charge on any atom is 0.0108 e. The normalized spacial score (nSPS) is 7.90. The Morgan fingerprint density at radius 2 is 1.60 bits per heavy atom. The van der Waals surface area contributed by atoms with Gasteiger partial charge in [0.05, 0.1) is 0 Å². The van der Waals surface area contributed by atoms with Gasteiger partial charge in [-0.1, -0.05) is 37.3 Å². The number of alkyl halides is 1. The van der Waals surface area contributed by atoms with Gasteiger partial charge in [0.1, 0.15) is 0 Å². The van der Waals surface area contributed by atoms with Crippen LogP contribution in [0.5, 0.6) is 0 Å². The SMILES string of the molecule is CCc1ccccc1.CCl. The Kier molecular flexibility index (Phi) is 6.30. The number of halogens is 1. The van der Waals surface area contributed by atoms with Crippen LogP contribution in [0.4, 0.5) is 0 Å². The minimum absolute atomic E-state index is 1.14. The Morgan fingerprint density at radius 3 is 1.90 bits per heavy atom. The van der Waals surface area contributed by atoms with E-state index in [2.05, 4.69) is 42.8 Å². The minimum atomic E-state index is 1.14. The van der Waals surface area contributed by atoms with E-state index < -0.39 is 0 Å². The lowest BCUT2D eigenvalue weighted by molar-refractivity contribution is 1.14. The molecule has 0 unspecified atom stereocenters. The highest BCUT2D eigenvalue weighted by atomic mass is 35.5. The van der Waals surface area contributed by atoms with Gasteiger partial charge in [0.25, 0.3) is 0 Å². The van der Waals surface area contributed by atoms with Crippen LogP contribution >= 0.6 is 11.6 Å². The van der Waals surface area contributed by atoms with Crippen LogP contribution in [-0.2, 0) is 6.42 Å². The minimum Gasteiger partial charge on any atom is -0.130 e. The lowest BCUT2D eigenvalue weighted by Crippen LogP contribution is -1.73. The summed E-state index contributed by atoms with van der Waals surface area (Å²) in [7, 11) is 0. The first kappa shape index (κ1) is 9.51. The van der Waals surface area contributed by atoms with Gasteiger partial charge in [0.15, 0.2) is 0 Å². The van der Waals surface area contributed by atoms with Crippen molar-refractivity contribution >= 4 is 11.6 Å². The fraction of sp³-hybridized carbons (Fsp3) is 0.333. The molecule has 1 heteroatoms. The molecule has 1 aromatic rings. The Bertz CT molecular complexity index is 146. The number of rotatable bonds is 1. The zero-order valence-electron chi connectivity index (χ0n) is 6.47. The van der Waals surface area contributed by atoms with Crippen molar-refractivity contribution in [1.82, 2.24) is 0 Å². The summed E-state index contributed by atoms with van der Waals surface area (Å²) in [6, 6.07) is 10.5. The molecule has 0 heterocycles. The third-order valence-electron chi connectivity index (χ3n) is 1.25. The van der Waals surface area contributed by atoms with Crippen molar-refractivity contribution in [3.63, 3.8) is 0 Å². The van der Waals surface area contributed by atoms with Crippen molar-refractivity contribution in [2.45, 2.75) is 13.3 Å². The van der Waals surface area contributed by atoms with E-state index >= 15 is 0 Å². The molecule has 1 rings (SSSR count).